The molecule has 0 N–H and O–H groups in total. The molecule has 0 radical (unpaired) electrons. The Kier molecular flexibility index (Phi) is 3.66. The van der Waals surface area contributed by atoms with E-state index in [9.17, 15) is 4.79 Å². The molecule has 1 saturated heterocycles. The molecule has 1 aromatic rings. The van der Waals surface area contributed by atoms with Crippen LogP contribution in [0.3, 0.4) is 0 Å². The molecular formula is C17H21BO3. The Balaban J connectivity index is 1.61. The number of hydrogen-bond donors (Lipinski definition) is 0. The van der Waals surface area contributed by atoms with Crippen molar-refractivity contribution in [1.29, 1.82) is 0 Å². The van der Waals surface area contributed by atoms with E-state index in [1.165, 1.54) is 5.57 Å². The lowest BCUT2D eigenvalue weighted by Gasteiger charge is -2.31. The van der Waals surface area contributed by atoms with Crippen molar-refractivity contribution >= 4 is 13.8 Å². The van der Waals surface area contributed by atoms with E-state index in [0.717, 1.165) is 12.0 Å². The summed E-state index contributed by atoms with van der Waals surface area (Å²) in [6, 6.07) is 9.90. The fourth-order valence-electron chi connectivity index (χ4n) is 3.97. The van der Waals surface area contributed by atoms with Gasteiger partial charge in [-0.25, -0.2) is 0 Å². The molecule has 1 saturated carbocycles. The van der Waals surface area contributed by atoms with Crippen LogP contribution >= 0.6 is 0 Å². The zero-order chi connectivity index (χ0) is 15.0. The fourth-order valence-corrected chi connectivity index (χ4v) is 3.97. The molecule has 110 valence electrons. The Hall–Kier alpha value is -1.55. The molecule has 1 aromatic carbocycles. The summed E-state index contributed by atoms with van der Waals surface area (Å²) in [4.78, 5) is 12.2. The van der Waals surface area contributed by atoms with E-state index in [1.54, 1.807) is 0 Å². The number of benzene rings is 1. The summed E-state index contributed by atoms with van der Waals surface area (Å²) in [5, 5.41) is 0. The summed E-state index contributed by atoms with van der Waals surface area (Å²) in [5.74, 6) is 0.532. The first-order valence-corrected chi connectivity index (χ1v) is 7.57. The van der Waals surface area contributed by atoms with E-state index in [0.29, 0.717) is 24.9 Å². The van der Waals surface area contributed by atoms with Crippen molar-refractivity contribution in [2.24, 2.45) is 11.8 Å². The van der Waals surface area contributed by atoms with Crippen molar-refractivity contribution < 1.29 is 14.3 Å². The Labute approximate surface area is 126 Å². The lowest BCUT2D eigenvalue weighted by Crippen LogP contribution is -2.37. The van der Waals surface area contributed by atoms with Gasteiger partial charge in [-0.3, -0.25) is 4.79 Å². The third-order valence-corrected chi connectivity index (χ3v) is 4.98. The van der Waals surface area contributed by atoms with Crippen molar-refractivity contribution in [3.63, 3.8) is 0 Å². The minimum Gasteiger partial charge on any atom is -0.461 e. The second kappa shape index (κ2) is 5.34. The van der Waals surface area contributed by atoms with Gasteiger partial charge in [0.05, 0.1) is 12.0 Å². The number of fused-ring (bicyclic) bond motifs is 2. The normalized spacial score (nSPS) is 34.1. The Morgan fingerprint density at radius 2 is 2.19 bits per heavy atom. The highest BCUT2D eigenvalue weighted by atomic mass is 16.5. The molecule has 0 aromatic heterocycles. The van der Waals surface area contributed by atoms with Gasteiger partial charge in [0.2, 0.25) is 0 Å². The first kappa shape index (κ1) is 14.4. The van der Waals surface area contributed by atoms with Crippen LogP contribution in [0.2, 0.25) is 0 Å². The second-order valence-corrected chi connectivity index (χ2v) is 6.36. The lowest BCUT2D eigenvalue weighted by atomic mass is 9.80. The average molecular weight is 284 g/mol. The number of carbonyl (C=O) groups excluding carboxylic acids is 1. The molecule has 2 unspecified atom stereocenters. The molecule has 1 aliphatic carbocycles. The highest BCUT2D eigenvalue weighted by Gasteiger charge is 2.58. The summed E-state index contributed by atoms with van der Waals surface area (Å²) in [6.45, 7) is 6.64. The van der Waals surface area contributed by atoms with E-state index in [2.05, 4.69) is 21.3 Å². The van der Waals surface area contributed by atoms with Crippen LogP contribution in [0.25, 0.3) is 0 Å². The zero-order valence-electron chi connectivity index (χ0n) is 12.7. The Morgan fingerprint density at radius 3 is 2.81 bits per heavy atom. The fraction of sp³-hybridized carbons (Fsp3) is 0.471. The molecule has 0 amide bonds. The maximum Gasteiger partial charge on any atom is 0.309 e. The lowest BCUT2D eigenvalue weighted by molar-refractivity contribution is -0.153. The topological polar surface area (TPSA) is 35.5 Å². The largest absolute Gasteiger partial charge is 0.461 e. The average Bonchev–Trinajstić information content (AvgIpc) is 2.82. The van der Waals surface area contributed by atoms with Crippen LogP contribution < -0.4 is 0 Å². The molecule has 0 spiro atoms. The number of hydrogen-bond acceptors (Lipinski definition) is 3. The van der Waals surface area contributed by atoms with Crippen LogP contribution in [0, 0.1) is 11.8 Å². The molecule has 4 atom stereocenters. The summed E-state index contributed by atoms with van der Waals surface area (Å²) in [5.41, 5.74) is 1.83. The molecule has 2 aliphatic rings. The van der Waals surface area contributed by atoms with Gasteiger partial charge in [-0.15, -0.1) is 0 Å². The van der Waals surface area contributed by atoms with Gasteiger partial charge in [-0.1, -0.05) is 49.4 Å². The molecule has 1 heterocycles. The minimum atomic E-state index is -0.394. The number of esters is 1. The van der Waals surface area contributed by atoms with Crippen molar-refractivity contribution in [3.05, 3.63) is 48.0 Å². The van der Waals surface area contributed by atoms with Crippen molar-refractivity contribution in [2.45, 2.75) is 38.0 Å². The van der Waals surface area contributed by atoms with E-state index >= 15 is 0 Å². The van der Waals surface area contributed by atoms with Gasteiger partial charge in [0.15, 0.2) is 0 Å². The standard InChI is InChI=1S/C17H21BO3/c1-11-8-17(12(2)15(11)16(18)21-17)9-14(19)20-10-13-6-4-3-5-7-13/h3-7,12,15-16H,1,8-10,18H2,2H3/t12?,15?,16-,17-/m1/s1. The molecule has 1 aliphatic heterocycles. The molecule has 3 rings (SSSR count). The maximum absolute atomic E-state index is 12.2. The van der Waals surface area contributed by atoms with E-state index in [-0.39, 0.29) is 12.0 Å². The third-order valence-electron chi connectivity index (χ3n) is 4.98. The predicted octanol–water partition coefficient (Wildman–Crippen LogP) is 2.06. The Bertz CT molecular complexity index is 556. The predicted molar refractivity (Wildman–Crippen MR) is 83.4 cm³/mol. The quantitative estimate of drug-likeness (QED) is 0.482. The minimum absolute atomic E-state index is 0.156. The van der Waals surface area contributed by atoms with Crippen molar-refractivity contribution in [1.82, 2.24) is 0 Å². The van der Waals surface area contributed by atoms with E-state index in [1.807, 2.05) is 30.3 Å². The van der Waals surface area contributed by atoms with Gasteiger partial charge in [0.1, 0.15) is 14.5 Å². The molecular weight excluding hydrogens is 263 g/mol. The Morgan fingerprint density at radius 1 is 1.48 bits per heavy atom. The van der Waals surface area contributed by atoms with Crippen LogP contribution in [0.15, 0.2) is 42.5 Å². The molecule has 3 nitrogen and oxygen atoms in total. The third kappa shape index (κ3) is 2.53. The number of ether oxygens (including phenoxy) is 2. The van der Waals surface area contributed by atoms with Crippen LogP contribution in [0.1, 0.15) is 25.3 Å². The number of rotatable bonds is 4. The highest BCUT2D eigenvalue weighted by Crippen LogP contribution is 2.55. The highest BCUT2D eigenvalue weighted by molar-refractivity contribution is 6.11. The van der Waals surface area contributed by atoms with Gasteiger partial charge in [0.25, 0.3) is 0 Å². The van der Waals surface area contributed by atoms with Crippen LogP contribution in [-0.2, 0) is 20.9 Å². The van der Waals surface area contributed by atoms with Gasteiger partial charge >= 0.3 is 5.97 Å². The maximum atomic E-state index is 12.2. The van der Waals surface area contributed by atoms with Crippen molar-refractivity contribution in [2.75, 3.05) is 0 Å². The SMILES string of the molecule is B[C@@H]1O[C@@]2(CC(=O)OCc3ccccc3)CC(=C)C1C2C. The summed E-state index contributed by atoms with van der Waals surface area (Å²) in [6.07, 6.45) is 1.10. The summed E-state index contributed by atoms with van der Waals surface area (Å²) in [7, 11) is 2.07. The van der Waals surface area contributed by atoms with Gasteiger partial charge < -0.3 is 9.47 Å². The van der Waals surface area contributed by atoms with E-state index in [4.69, 9.17) is 9.47 Å². The van der Waals surface area contributed by atoms with Crippen LogP contribution in [0.5, 0.6) is 0 Å². The summed E-state index contributed by atoms with van der Waals surface area (Å²) < 4.78 is 11.5. The number of carbonyl (C=O) groups is 1. The monoisotopic (exact) mass is 284 g/mol. The summed E-state index contributed by atoms with van der Waals surface area (Å²) >= 11 is 0. The first-order valence-electron chi connectivity index (χ1n) is 7.57. The van der Waals surface area contributed by atoms with E-state index < -0.39 is 5.60 Å². The zero-order valence-corrected chi connectivity index (χ0v) is 12.7. The molecule has 2 fully saturated rings. The van der Waals surface area contributed by atoms with Crippen LogP contribution in [0.4, 0.5) is 0 Å². The molecule has 2 bridgehead atoms. The molecule has 4 heteroatoms. The molecule has 21 heavy (non-hydrogen) atoms. The smallest absolute Gasteiger partial charge is 0.309 e. The second-order valence-electron chi connectivity index (χ2n) is 6.36. The first-order chi connectivity index (χ1) is 10.0. The van der Waals surface area contributed by atoms with Gasteiger partial charge in [0, 0.05) is 11.9 Å². The van der Waals surface area contributed by atoms with Crippen molar-refractivity contribution in [3.8, 4) is 0 Å². The van der Waals surface area contributed by atoms with Crippen LogP contribution in [-0.4, -0.2) is 25.4 Å². The van der Waals surface area contributed by atoms with Gasteiger partial charge in [-0.2, -0.15) is 0 Å². The van der Waals surface area contributed by atoms with Gasteiger partial charge in [-0.05, 0) is 17.9 Å².